The van der Waals surface area contributed by atoms with Crippen molar-refractivity contribution in [1.29, 1.82) is 0 Å². The summed E-state index contributed by atoms with van der Waals surface area (Å²) in [6, 6.07) is 4.74. The molecule has 7 heteroatoms. The minimum Gasteiger partial charge on any atom is -0.496 e. The molecule has 0 fully saturated rings. The number of carbonyl (C=O) groups excluding carboxylic acids is 1. The molecule has 2 aromatic rings. The largest absolute Gasteiger partial charge is 0.496 e. The molecule has 112 valence electrons. The summed E-state index contributed by atoms with van der Waals surface area (Å²) >= 11 is 6.11. The summed E-state index contributed by atoms with van der Waals surface area (Å²) < 4.78 is 12.0. The molecule has 0 spiro atoms. The molecule has 6 nitrogen and oxygen atoms in total. The lowest BCUT2D eigenvalue weighted by atomic mass is 10.2. The Morgan fingerprint density at radius 2 is 2.19 bits per heavy atom. The van der Waals surface area contributed by atoms with Crippen LogP contribution in [0, 0.1) is 6.92 Å². The Morgan fingerprint density at radius 3 is 2.76 bits per heavy atom. The van der Waals surface area contributed by atoms with Crippen LogP contribution >= 0.6 is 11.6 Å². The first-order chi connectivity index (χ1) is 9.93. The predicted molar refractivity (Wildman–Crippen MR) is 79.5 cm³/mol. The van der Waals surface area contributed by atoms with Gasteiger partial charge < -0.3 is 15.2 Å². The van der Waals surface area contributed by atoms with Crippen molar-refractivity contribution >= 4 is 23.3 Å². The van der Waals surface area contributed by atoms with Gasteiger partial charge in [0.25, 0.3) is 0 Å². The van der Waals surface area contributed by atoms with Crippen molar-refractivity contribution in [3.05, 3.63) is 40.2 Å². The molecule has 1 aromatic carbocycles. The Kier molecular flexibility index (Phi) is 4.37. The molecule has 0 aliphatic carbocycles. The third-order valence-corrected chi connectivity index (χ3v) is 3.54. The molecular weight excluding hydrogens is 294 g/mol. The molecule has 0 saturated heterocycles. The number of anilines is 1. The SMILES string of the molecule is COc1cc(N)ccc1C(=O)OCc1c(Cl)c(C)nn1C. The van der Waals surface area contributed by atoms with E-state index in [9.17, 15) is 4.79 Å². The van der Waals surface area contributed by atoms with Crippen molar-refractivity contribution in [1.82, 2.24) is 9.78 Å². The number of aromatic nitrogens is 2. The van der Waals surface area contributed by atoms with Gasteiger partial charge in [0.15, 0.2) is 0 Å². The molecule has 0 aliphatic rings. The van der Waals surface area contributed by atoms with Crippen LogP contribution in [0.15, 0.2) is 18.2 Å². The Labute approximate surface area is 127 Å². The van der Waals surface area contributed by atoms with Gasteiger partial charge in [-0.05, 0) is 19.1 Å². The summed E-state index contributed by atoms with van der Waals surface area (Å²) in [6.45, 7) is 1.82. The number of nitrogen functional groups attached to an aromatic ring is 1. The Bertz CT molecular complexity index is 682. The minimum absolute atomic E-state index is 0.0303. The van der Waals surface area contributed by atoms with Gasteiger partial charge in [-0.3, -0.25) is 4.68 Å². The van der Waals surface area contributed by atoms with Crippen LogP contribution in [0.3, 0.4) is 0 Å². The van der Waals surface area contributed by atoms with Gasteiger partial charge in [-0.15, -0.1) is 0 Å². The number of aryl methyl sites for hydroxylation is 2. The number of benzene rings is 1. The van der Waals surface area contributed by atoms with E-state index in [4.69, 9.17) is 26.8 Å². The highest BCUT2D eigenvalue weighted by Crippen LogP contribution is 2.24. The van der Waals surface area contributed by atoms with Crippen LogP contribution in [0.4, 0.5) is 5.69 Å². The summed E-state index contributed by atoms with van der Waals surface area (Å²) in [5, 5.41) is 4.65. The Morgan fingerprint density at radius 1 is 1.48 bits per heavy atom. The molecule has 0 amide bonds. The highest BCUT2D eigenvalue weighted by molar-refractivity contribution is 6.31. The normalized spacial score (nSPS) is 10.5. The zero-order chi connectivity index (χ0) is 15.6. The second-order valence-corrected chi connectivity index (χ2v) is 4.88. The molecular formula is C14H16ClN3O3. The van der Waals surface area contributed by atoms with Gasteiger partial charge in [0.05, 0.1) is 23.5 Å². The lowest BCUT2D eigenvalue weighted by Gasteiger charge is -2.10. The maximum atomic E-state index is 12.1. The van der Waals surface area contributed by atoms with Crippen LogP contribution in [0.25, 0.3) is 0 Å². The number of hydrogen-bond acceptors (Lipinski definition) is 5. The third kappa shape index (κ3) is 3.11. The highest BCUT2D eigenvalue weighted by atomic mass is 35.5. The van der Waals surface area contributed by atoms with Crippen molar-refractivity contribution in [2.24, 2.45) is 7.05 Å². The fraction of sp³-hybridized carbons (Fsp3) is 0.286. The van der Waals surface area contributed by atoms with Gasteiger partial charge in [0.2, 0.25) is 0 Å². The van der Waals surface area contributed by atoms with E-state index in [2.05, 4.69) is 5.10 Å². The first-order valence-corrected chi connectivity index (χ1v) is 6.60. The lowest BCUT2D eigenvalue weighted by molar-refractivity contribution is 0.0460. The summed E-state index contributed by atoms with van der Waals surface area (Å²) in [4.78, 5) is 12.1. The van der Waals surface area contributed by atoms with E-state index in [1.807, 2.05) is 0 Å². The quantitative estimate of drug-likeness (QED) is 0.692. The molecule has 0 unspecified atom stereocenters. The Hall–Kier alpha value is -2.21. The Balaban J connectivity index is 2.15. The summed E-state index contributed by atoms with van der Waals surface area (Å²) in [7, 11) is 3.21. The number of carbonyl (C=O) groups is 1. The number of halogens is 1. The van der Waals surface area contributed by atoms with Crippen LogP contribution in [-0.4, -0.2) is 22.9 Å². The minimum atomic E-state index is -0.512. The van der Waals surface area contributed by atoms with Gasteiger partial charge >= 0.3 is 5.97 Å². The number of ether oxygens (including phenoxy) is 2. The van der Waals surface area contributed by atoms with Crippen LogP contribution in [0.5, 0.6) is 5.75 Å². The molecule has 0 saturated carbocycles. The van der Waals surface area contributed by atoms with Crippen LogP contribution < -0.4 is 10.5 Å². The summed E-state index contributed by atoms with van der Waals surface area (Å²) in [5.74, 6) is -0.144. The predicted octanol–water partition coefficient (Wildman–Crippen LogP) is 2.33. The van der Waals surface area contributed by atoms with Crippen LogP contribution in [-0.2, 0) is 18.4 Å². The maximum Gasteiger partial charge on any atom is 0.342 e. The average molecular weight is 310 g/mol. The number of methoxy groups -OCH3 is 1. The monoisotopic (exact) mass is 309 g/mol. The number of esters is 1. The van der Waals surface area contributed by atoms with Gasteiger partial charge in [0.1, 0.15) is 17.9 Å². The summed E-state index contributed by atoms with van der Waals surface area (Å²) in [5.41, 5.74) is 7.79. The van der Waals surface area contributed by atoms with E-state index in [0.717, 1.165) is 0 Å². The van der Waals surface area contributed by atoms with Gasteiger partial charge in [-0.1, -0.05) is 11.6 Å². The van der Waals surface area contributed by atoms with Gasteiger partial charge in [-0.25, -0.2) is 4.79 Å². The second kappa shape index (κ2) is 6.05. The van der Waals surface area contributed by atoms with E-state index < -0.39 is 5.97 Å². The van der Waals surface area contributed by atoms with Crippen molar-refractivity contribution in [2.45, 2.75) is 13.5 Å². The van der Waals surface area contributed by atoms with Crippen molar-refractivity contribution in [2.75, 3.05) is 12.8 Å². The van der Waals surface area contributed by atoms with Gasteiger partial charge in [-0.2, -0.15) is 5.10 Å². The zero-order valence-corrected chi connectivity index (χ0v) is 12.8. The molecule has 0 radical (unpaired) electrons. The standard InChI is InChI=1S/C14H16ClN3O3/c1-8-13(15)11(18(2)17-8)7-21-14(19)10-5-4-9(16)6-12(10)20-3/h4-6H,7,16H2,1-3H3. The fourth-order valence-corrected chi connectivity index (χ4v) is 2.14. The lowest BCUT2D eigenvalue weighted by Crippen LogP contribution is -2.10. The number of nitrogens with zero attached hydrogens (tertiary/aromatic N) is 2. The first kappa shape index (κ1) is 15.2. The molecule has 1 heterocycles. The zero-order valence-electron chi connectivity index (χ0n) is 12.0. The first-order valence-electron chi connectivity index (χ1n) is 6.22. The summed E-state index contributed by atoms with van der Waals surface area (Å²) in [6.07, 6.45) is 0. The van der Waals surface area contributed by atoms with Crippen molar-refractivity contribution in [3.8, 4) is 5.75 Å². The van der Waals surface area contributed by atoms with Crippen LogP contribution in [0.1, 0.15) is 21.7 Å². The fourth-order valence-electron chi connectivity index (χ4n) is 1.93. The maximum absolute atomic E-state index is 12.1. The van der Waals surface area contributed by atoms with E-state index in [1.165, 1.54) is 7.11 Å². The molecule has 21 heavy (non-hydrogen) atoms. The average Bonchev–Trinajstić information content (AvgIpc) is 2.69. The van der Waals surface area contributed by atoms with E-state index >= 15 is 0 Å². The van der Waals surface area contributed by atoms with Crippen LogP contribution in [0.2, 0.25) is 5.02 Å². The molecule has 1 aromatic heterocycles. The number of nitrogens with two attached hydrogens (primary N) is 1. The number of rotatable bonds is 4. The van der Waals surface area contributed by atoms with Crippen molar-refractivity contribution in [3.63, 3.8) is 0 Å². The van der Waals surface area contributed by atoms with Gasteiger partial charge in [0, 0.05) is 18.8 Å². The molecule has 0 aliphatic heterocycles. The van der Waals surface area contributed by atoms with E-state index in [0.29, 0.717) is 33.4 Å². The molecule has 0 atom stereocenters. The second-order valence-electron chi connectivity index (χ2n) is 4.51. The van der Waals surface area contributed by atoms with Crippen molar-refractivity contribution < 1.29 is 14.3 Å². The highest BCUT2D eigenvalue weighted by Gasteiger charge is 2.17. The van der Waals surface area contributed by atoms with E-state index in [1.54, 1.807) is 36.9 Å². The third-order valence-electron chi connectivity index (χ3n) is 3.05. The number of hydrogen-bond donors (Lipinski definition) is 1. The van der Waals surface area contributed by atoms with E-state index in [-0.39, 0.29) is 6.61 Å². The molecule has 0 bridgehead atoms. The molecule has 2 rings (SSSR count). The topological polar surface area (TPSA) is 79.4 Å². The molecule has 2 N–H and O–H groups in total. The smallest absolute Gasteiger partial charge is 0.342 e.